The zero-order valence-electron chi connectivity index (χ0n) is 17.3. The van der Waals surface area contributed by atoms with Crippen LogP contribution in [0.3, 0.4) is 0 Å². The van der Waals surface area contributed by atoms with E-state index in [-0.39, 0.29) is 29.1 Å². The number of fused-ring (bicyclic) bond motifs is 4. The molecule has 0 unspecified atom stereocenters. The van der Waals surface area contributed by atoms with E-state index in [9.17, 15) is 22.8 Å². The number of carbonyl (C=O) groups excluding carboxylic acids is 1. The Morgan fingerprint density at radius 3 is 2.42 bits per heavy atom. The lowest BCUT2D eigenvalue weighted by molar-refractivity contribution is -0.274. The summed E-state index contributed by atoms with van der Waals surface area (Å²) < 4.78 is 42.8. The summed E-state index contributed by atoms with van der Waals surface area (Å²) in [5.41, 5.74) is 2.03. The van der Waals surface area contributed by atoms with Crippen molar-refractivity contribution in [3.05, 3.63) is 76.7 Å². The molecule has 170 valence electrons. The number of piperidine rings is 1. The Labute approximate surface area is 186 Å². The molecule has 3 aromatic rings. The lowest BCUT2D eigenvalue weighted by Gasteiger charge is -2.42. The van der Waals surface area contributed by atoms with Gasteiger partial charge >= 0.3 is 6.36 Å². The van der Waals surface area contributed by atoms with Gasteiger partial charge < -0.3 is 14.2 Å². The van der Waals surface area contributed by atoms with Crippen LogP contribution in [0, 0.1) is 5.92 Å². The van der Waals surface area contributed by atoms with Crippen LogP contribution in [-0.2, 0) is 6.54 Å². The number of amides is 1. The Morgan fingerprint density at radius 1 is 1.00 bits per heavy atom. The molecule has 2 aromatic heterocycles. The zero-order chi connectivity index (χ0) is 23.2. The van der Waals surface area contributed by atoms with Gasteiger partial charge in [0.1, 0.15) is 12.1 Å². The van der Waals surface area contributed by atoms with Crippen LogP contribution in [0.25, 0.3) is 11.1 Å². The van der Waals surface area contributed by atoms with Crippen LogP contribution in [0.15, 0.2) is 59.9 Å². The van der Waals surface area contributed by atoms with Crippen LogP contribution in [0.1, 0.15) is 28.4 Å². The van der Waals surface area contributed by atoms with Crippen LogP contribution in [0.5, 0.6) is 5.75 Å². The van der Waals surface area contributed by atoms with Gasteiger partial charge in [0.05, 0.1) is 5.56 Å². The minimum Gasteiger partial charge on any atom is -0.406 e. The molecule has 1 aromatic carbocycles. The van der Waals surface area contributed by atoms with Gasteiger partial charge in [-0.15, -0.1) is 13.2 Å². The van der Waals surface area contributed by atoms with Crippen molar-refractivity contribution in [2.24, 2.45) is 5.92 Å². The molecule has 0 radical (unpaired) electrons. The smallest absolute Gasteiger partial charge is 0.406 e. The van der Waals surface area contributed by atoms with Crippen LogP contribution in [0.4, 0.5) is 13.2 Å². The number of nitrogens with zero attached hydrogens (tertiary/aromatic N) is 4. The van der Waals surface area contributed by atoms with E-state index in [4.69, 9.17) is 0 Å². The number of aromatic nitrogens is 3. The highest BCUT2D eigenvalue weighted by Crippen LogP contribution is 2.36. The Kier molecular flexibility index (Phi) is 5.15. The van der Waals surface area contributed by atoms with Gasteiger partial charge in [-0.1, -0.05) is 12.1 Å². The second kappa shape index (κ2) is 8.02. The fraction of sp³-hybridized carbons (Fsp3) is 0.304. The van der Waals surface area contributed by atoms with Crippen LogP contribution in [0.2, 0.25) is 0 Å². The van der Waals surface area contributed by atoms with Crippen molar-refractivity contribution in [3.63, 3.8) is 0 Å². The van der Waals surface area contributed by atoms with E-state index in [1.54, 1.807) is 15.5 Å². The predicted octanol–water partition coefficient (Wildman–Crippen LogP) is 3.46. The van der Waals surface area contributed by atoms with Crippen LogP contribution in [-0.4, -0.2) is 44.8 Å². The summed E-state index contributed by atoms with van der Waals surface area (Å²) in [6, 6.07) is 8.83. The summed E-state index contributed by atoms with van der Waals surface area (Å²) in [6.07, 6.45) is 0.481. The normalized spacial score (nSPS) is 19.7. The maximum Gasteiger partial charge on any atom is 0.573 e. The third-order valence-electron chi connectivity index (χ3n) is 6.10. The number of hydrogen-bond acceptors (Lipinski definition) is 5. The molecule has 10 heteroatoms. The first-order chi connectivity index (χ1) is 15.8. The molecule has 7 nitrogen and oxygen atoms in total. The molecule has 5 rings (SSSR count). The van der Waals surface area contributed by atoms with Gasteiger partial charge in [0.25, 0.3) is 11.5 Å². The van der Waals surface area contributed by atoms with Crippen molar-refractivity contribution in [2.75, 3.05) is 13.1 Å². The fourth-order valence-corrected chi connectivity index (χ4v) is 4.76. The first-order valence-electron chi connectivity index (χ1n) is 10.4. The third-order valence-corrected chi connectivity index (χ3v) is 6.10. The van der Waals surface area contributed by atoms with Crippen molar-refractivity contribution in [2.45, 2.75) is 25.2 Å². The molecule has 0 spiro atoms. The number of ether oxygens (including phenoxy) is 1. The quantitative estimate of drug-likeness (QED) is 0.603. The first kappa shape index (κ1) is 21.2. The number of likely N-dealkylation sites (tertiary alicyclic amines) is 1. The highest BCUT2D eigenvalue weighted by molar-refractivity contribution is 5.93. The van der Waals surface area contributed by atoms with Crippen molar-refractivity contribution in [1.29, 1.82) is 0 Å². The molecule has 2 atom stereocenters. The second-order valence-electron chi connectivity index (χ2n) is 8.30. The average Bonchev–Trinajstić information content (AvgIpc) is 2.79. The summed E-state index contributed by atoms with van der Waals surface area (Å²) in [5.74, 6) is -0.318. The Balaban J connectivity index is 1.40. The van der Waals surface area contributed by atoms with Crippen LogP contribution < -0.4 is 10.3 Å². The Morgan fingerprint density at radius 2 is 1.73 bits per heavy atom. The number of rotatable bonds is 3. The zero-order valence-corrected chi connectivity index (χ0v) is 17.3. The van der Waals surface area contributed by atoms with Crippen molar-refractivity contribution >= 4 is 5.91 Å². The summed E-state index contributed by atoms with van der Waals surface area (Å²) >= 11 is 0. The van der Waals surface area contributed by atoms with Gasteiger partial charge in [-0.05, 0) is 42.2 Å². The number of hydrogen-bond donors (Lipinski definition) is 0. The van der Waals surface area contributed by atoms with E-state index in [1.807, 2.05) is 6.07 Å². The number of alkyl halides is 3. The van der Waals surface area contributed by atoms with Crippen molar-refractivity contribution < 1.29 is 22.7 Å². The van der Waals surface area contributed by atoms with Crippen molar-refractivity contribution in [1.82, 2.24) is 19.4 Å². The number of benzene rings is 1. The molecule has 2 aliphatic heterocycles. The van der Waals surface area contributed by atoms with E-state index in [1.165, 1.54) is 43.0 Å². The van der Waals surface area contributed by atoms with Crippen LogP contribution >= 0.6 is 0 Å². The maximum absolute atomic E-state index is 13.3. The van der Waals surface area contributed by atoms with E-state index in [0.717, 1.165) is 12.1 Å². The summed E-state index contributed by atoms with van der Waals surface area (Å²) in [4.78, 5) is 35.7. The summed E-state index contributed by atoms with van der Waals surface area (Å²) in [5, 5.41) is 0. The average molecular weight is 456 g/mol. The maximum atomic E-state index is 13.3. The van der Waals surface area contributed by atoms with E-state index in [0.29, 0.717) is 36.3 Å². The summed E-state index contributed by atoms with van der Waals surface area (Å²) in [6.45, 7) is 1.50. The topological polar surface area (TPSA) is 77.3 Å². The highest BCUT2D eigenvalue weighted by Gasteiger charge is 2.37. The fourth-order valence-electron chi connectivity index (χ4n) is 4.76. The molecule has 2 bridgehead atoms. The van der Waals surface area contributed by atoms with E-state index in [2.05, 4.69) is 14.7 Å². The predicted molar refractivity (Wildman–Crippen MR) is 112 cm³/mol. The molecule has 2 aliphatic rings. The standard InChI is InChI=1S/C23H19F3N4O3/c24-23(25,26)33-18-3-1-15(2-4-18)19-5-6-20-16-7-14(11-30(20)22(19)32)10-29(12-16)21(31)17-8-27-13-28-9-17/h1-6,8-9,13-14,16H,7,10-12H2/t14-,16-/m1/s1. The Bertz CT molecular complexity index is 1240. The molecule has 0 aliphatic carbocycles. The SMILES string of the molecule is O=C(c1cncnc1)N1C[C@H]2C[C@H](C1)c1ccc(-c3ccc(OC(F)(F)F)cc3)c(=O)n1C2. The van der Waals surface area contributed by atoms with Gasteiger partial charge in [0, 0.05) is 49.2 Å². The van der Waals surface area contributed by atoms with Gasteiger partial charge in [-0.25, -0.2) is 9.97 Å². The third kappa shape index (κ3) is 4.20. The molecule has 1 saturated heterocycles. The lowest BCUT2D eigenvalue weighted by Crippen LogP contribution is -2.49. The largest absolute Gasteiger partial charge is 0.573 e. The van der Waals surface area contributed by atoms with Gasteiger partial charge in [-0.3, -0.25) is 9.59 Å². The monoisotopic (exact) mass is 456 g/mol. The van der Waals surface area contributed by atoms with Gasteiger partial charge in [0.15, 0.2) is 0 Å². The molecular formula is C23H19F3N4O3. The van der Waals surface area contributed by atoms with E-state index < -0.39 is 6.36 Å². The van der Waals surface area contributed by atoms with Crippen molar-refractivity contribution in [3.8, 4) is 16.9 Å². The first-order valence-corrected chi connectivity index (χ1v) is 10.4. The molecule has 4 heterocycles. The summed E-state index contributed by atoms with van der Waals surface area (Å²) in [7, 11) is 0. The number of halogens is 3. The van der Waals surface area contributed by atoms with E-state index >= 15 is 0 Å². The molecule has 33 heavy (non-hydrogen) atoms. The number of carbonyl (C=O) groups is 1. The molecule has 1 amide bonds. The molecule has 0 N–H and O–H groups in total. The molecule has 0 saturated carbocycles. The number of pyridine rings is 1. The Hall–Kier alpha value is -3.69. The minimum absolute atomic E-state index is 0.0235. The lowest BCUT2D eigenvalue weighted by atomic mass is 9.82. The van der Waals surface area contributed by atoms with Gasteiger partial charge in [-0.2, -0.15) is 0 Å². The highest BCUT2D eigenvalue weighted by atomic mass is 19.4. The van der Waals surface area contributed by atoms with Gasteiger partial charge in [0.2, 0.25) is 0 Å². The molecule has 1 fully saturated rings. The second-order valence-corrected chi connectivity index (χ2v) is 8.30. The molecular weight excluding hydrogens is 437 g/mol. The minimum atomic E-state index is -4.77.